The molecule has 0 bridgehead atoms. The van der Waals surface area contributed by atoms with Gasteiger partial charge in [0.15, 0.2) is 0 Å². The topological polar surface area (TPSA) is 45.0 Å². The van der Waals surface area contributed by atoms with Gasteiger partial charge in [-0.3, -0.25) is 0 Å². The second kappa shape index (κ2) is 5.63. The second-order valence-corrected chi connectivity index (χ2v) is 7.56. The third kappa shape index (κ3) is 2.52. The van der Waals surface area contributed by atoms with Crippen molar-refractivity contribution in [3.05, 3.63) is 40.8 Å². The lowest BCUT2D eigenvalue weighted by molar-refractivity contribution is 0.0141. The zero-order valence-electron chi connectivity index (χ0n) is 12.6. The van der Waals surface area contributed by atoms with Crippen LogP contribution in [0, 0.1) is 11.3 Å². The largest absolute Gasteiger partial charge is 0.459 e. The Labute approximate surface area is 144 Å². The summed E-state index contributed by atoms with van der Waals surface area (Å²) in [7, 11) is 0. The maximum atomic E-state index is 9.03. The first-order valence-electron chi connectivity index (χ1n) is 7.85. The fraction of sp³-hybridized carbons (Fsp3) is 0.333. The molecule has 2 aromatic rings. The Balaban J connectivity index is 1.81. The van der Waals surface area contributed by atoms with Crippen molar-refractivity contribution in [2.75, 3.05) is 5.32 Å². The van der Waals surface area contributed by atoms with Crippen LogP contribution in [0.4, 0.5) is 5.69 Å². The average molecular weight is 340 g/mol. The zero-order chi connectivity index (χ0) is 15.9. The highest BCUT2D eigenvalue weighted by Gasteiger charge is 2.41. The molecule has 0 amide bonds. The van der Waals surface area contributed by atoms with Crippen molar-refractivity contribution in [1.82, 2.24) is 0 Å². The Hall–Kier alpha value is -1.90. The average Bonchev–Trinajstić information content (AvgIpc) is 3.04. The van der Waals surface area contributed by atoms with Gasteiger partial charge in [0.2, 0.25) is 0 Å². The lowest BCUT2D eigenvalue weighted by Crippen LogP contribution is -2.40. The molecular formula is C18H16N2OS2. The molecule has 0 atom stereocenters. The zero-order valence-corrected chi connectivity index (χ0v) is 14.2. The molecule has 1 N–H and O–H groups in total. The highest BCUT2D eigenvalue weighted by atomic mass is 32.1. The summed E-state index contributed by atoms with van der Waals surface area (Å²) >= 11 is 6.84. The van der Waals surface area contributed by atoms with Crippen molar-refractivity contribution < 1.29 is 4.74 Å². The highest BCUT2D eigenvalue weighted by molar-refractivity contribution is 7.80. The second-order valence-electron chi connectivity index (χ2n) is 6.11. The standard InChI is InChI=1S/C18H16N2OS2/c19-11-13-5-7-16(23-13)12-4-6-15-14(10-12)18(21-17(22)20-15)8-2-1-3-9-18/h4-7,10H,1-3,8-9H2,(H,20,22). The van der Waals surface area contributed by atoms with Crippen LogP contribution in [0.3, 0.4) is 0 Å². The van der Waals surface area contributed by atoms with Crippen LogP contribution in [-0.4, -0.2) is 5.17 Å². The van der Waals surface area contributed by atoms with Gasteiger partial charge < -0.3 is 10.1 Å². The molecule has 1 aromatic carbocycles. The quantitative estimate of drug-likeness (QED) is 0.727. The maximum Gasteiger partial charge on any atom is 0.262 e. The SMILES string of the molecule is N#Cc1ccc(-c2ccc3c(c2)C2(CCCCC2)OC(=S)N3)s1. The molecule has 4 rings (SSSR count). The number of thiophene rings is 1. The monoisotopic (exact) mass is 340 g/mol. The summed E-state index contributed by atoms with van der Waals surface area (Å²) in [5.41, 5.74) is 3.12. The summed E-state index contributed by atoms with van der Waals surface area (Å²) in [5.74, 6) is 0. The highest BCUT2D eigenvalue weighted by Crippen LogP contribution is 2.47. The minimum Gasteiger partial charge on any atom is -0.459 e. The van der Waals surface area contributed by atoms with Crippen molar-refractivity contribution in [3.8, 4) is 16.5 Å². The number of nitrogens with zero attached hydrogens (tertiary/aromatic N) is 1. The van der Waals surface area contributed by atoms with Gasteiger partial charge in [-0.25, -0.2) is 0 Å². The van der Waals surface area contributed by atoms with Crippen molar-refractivity contribution in [2.45, 2.75) is 37.7 Å². The van der Waals surface area contributed by atoms with Crippen LogP contribution in [0.15, 0.2) is 30.3 Å². The van der Waals surface area contributed by atoms with Crippen LogP contribution in [-0.2, 0) is 10.3 Å². The van der Waals surface area contributed by atoms with Crippen LogP contribution in [0.25, 0.3) is 10.4 Å². The number of nitriles is 1. The number of hydrogen-bond acceptors (Lipinski definition) is 4. The lowest BCUT2D eigenvalue weighted by Gasteiger charge is -2.42. The summed E-state index contributed by atoms with van der Waals surface area (Å²) in [6.07, 6.45) is 5.63. The van der Waals surface area contributed by atoms with E-state index >= 15 is 0 Å². The number of nitrogens with one attached hydrogen (secondary N) is 1. The molecular weight excluding hydrogens is 324 g/mol. The predicted molar refractivity (Wildman–Crippen MR) is 96.5 cm³/mol. The normalized spacial score (nSPS) is 18.7. The van der Waals surface area contributed by atoms with E-state index < -0.39 is 0 Å². The summed E-state index contributed by atoms with van der Waals surface area (Å²) in [6.45, 7) is 0. The van der Waals surface area contributed by atoms with Crippen LogP contribution >= 0.6 is 23.6 Å². The molecule has 1 aromatic heterocycles. The van der Waals surface area contributed by atoms with E-state index in [-0.39, 0.29) is 5.60 Å². The maximum absolute atomic E-state index is 9.03. The predicted octanol–water partition coefficient (Wildman–Crippen LogP) is 5.17. The van der Waals surface area contributed by atoms with E-state index in [1.807, 2.05) is 12.1 Å². The molecule has 1 aliphatic carbocycles. The fourth-order valence-corrected chi connectivity index (χ4v) is 4.67. The van der Waals surface area contributed by atoms with Gasteiger partial charge in [-0.15, -0.1) is 11.3 Å². The summed E-state index contributed by atoms with van der Waals surface area (Å²) < 4.78 is 6.13. The number of thiocarbonyl (C=S) groups is 1. The summed E-state index contributed by atoms with van der Waals surface area (Å²) in [6, 6.07) is 12.5. The molecule has 1 saturated carbocycles. The van der Waals surface area contributed by atoms with Crippen LogP contribution in [0.2, 0.25) is 0 Å². The van der Waals surface area contributed by atoms with E-state index in [1.54, 1.807) is 0 Å². The molecule has 2 aliphatic rings. The van der Waals surface area contributed by atoms with Gasteiger partial charge in [-0.1, -0.05) is 12.5 Å². The minimum absolute atomic E-state index is 0.277. The van der Waals surface area contributed by atoms with Crippen molar-refractivity contribution in [3.63, 3.8) is 0 Å². The van der Waals surface area contributed by atoms with E-state index in [4.69, 9.17) is 22.2 Å². The number of anilines is 1. The van der Waals surface area contributed by atoms with Crippen molar-refractivity contribution in [2.24, 2.45) is 0 Å². The van der Waals surface area contributed by atoms with Crippen molar-refractivity contribution >= 4 is 34.4 Å². The molecule has 1 spiro atoms. The molecule has 1 fully saturated rings. The molecule has 2 heterocycles. The molecule has 0 saturated heterocycles. The summed E-state index contributed by atoms with van der Waals surface area (Å²) in [5, 5.41) is 12.7. The van der Waals surface area contributed by atoms with E-state index in [1.165, 1.54) is 36.2 Å². The van der Waals surface area contributed by atoms with E-state index in [2.05, 4.69) is 29.6 Å². The number of rotatable bonds is 1. The Morgan fingerprint density at radius 2 is 2.00 bits per heavy atom. The minimum atomic E-state index is -0.277. The van der Waals surface area contributed by atoms with Gasteiger partial charge in [0.1, 0.15) is 16.5 Å². The van der Waals surface area contributed by atoms with Gasteiger partial charge in [0.25, 0.3) is 5.17 Å². The molecule has 3 nitrogen and oxygen atoms in total. The summed E-state index contributed by atoms with van der Waals surface area (Å²) in [4.78, 5) is 1.85. The van der Waals surface area contributed by atoms with E-state index in [9.17, 15) is 0 Å². The Morgan fingerprint density at radius 3 is 2.74 bits per heavy atom. The first-order valence-corrected chi connectivity index (χ1v) is 9.07. The third-order valence-corrected chi connectivity index (χ3v) is 5.92. The van der Waals surface area contributed by atoms with Gasteiger partial charge >= 0.3 is 0 Å². The number of benzene rings is 1. The Kier molecular flexibility index (Phi) is 3.59. The first-order chi connectivity index (χ1) is 11.2. The van der Waals surface area contributed by atoms with Gasteiger partial charge in [0, 0.05) is 16.1 Å². The van der Waals surface area contributed by atoms with Crippen LogP contribution in [0.1, 0.15) is 42.5 Å². The third-order valence-electron chi connectivity index (χ3n) is 4.70. The Bertz CT molecular complexity index is 813. The first kappa shape index (κ1) is 14.7. The molecule has 23 heavy (non-hydrogen) atoms. The van der Waals surface area contributed by atoms with E-state index in [0.29, 0.717) is 5.17 Å². The van der Waals surface area contributed by atoms with Gasteiger partial charge in [-0.2, -0.15) is 5.26 Å². The van der Waals surface area contributed by atoms with Gasteiger partial charge in [-0.05, 0) is 67.7 Å². The fourth-order valence-electron chi connectivity index (χ4n) is 3.60. The van der Waals surface area contributed by atoms with Gasteiger partial charge in [0.05, 0.1) is 0 Å². The Morgan fingerprint density at radius 1 is 1.17 bits per heavy atom. The molecule has 116 valence electrons. The molecule has 5 heteroatoms. The lowest BCUT2D eigenvalue weighted by atomic mass is 9.77. The van der Waals surface area contributed by atoms with Crippen molar-refractivity contribution in [1.29, 1.82) is 5.26 Å². The number of fused-ring (bicyclic) bond motifs is 2. The van der Waals surface area contributed by atoms with Crippen LogP contribution < -0.4 is 5.32 Å². The molecule has 0 radical (unpaired) electrons. The number of hydrogen-bond donors (Lipinski definition) is 1. The number of ether oxygens (including phenoxy) is 1. The molecule has 0 unspecified atom stereocenters. The van der Waals surface area contributed by atoms with Crippen LogP contribution in [0.5, 0.6) is 0 Å². The van der Waals surface area contributed by atoms with E-state index in [0.717, 1.165) is 33.8 Å². The molecule has 1 aliphatic heterocycles. The smallest absolute Gasteiger partial charge is 0.262 e.